The van der Waals surface area contributed by atoms with Crippen LogP contribution in [0.15, 0.2) is 27.6 Å². The predicted octanol–water partition coefficient (Wildman–Crippen LogP) is 1.77. The van der Waals surface area contributed by atoms with Gasteiger partial charge in [-0.3, -0.25) is 0 Å². The number of benzene rings is 1. The highest BCUT2D eigenvalue weighted by Gasteiger charge is 2.19. The van der Waals surface area contributed by atoms with Crippen LogP contribution in [0, 0.1) is 6.92 Å². The summed E-state index contributed by atoms with van der Waals surface area (Å²) in [5, 5.41) is 0. The maximum atomic E-state index is 12.0. The van der Waals surface area contributed by atoms with E-state index in [2.05, 4.69) is 20.7 Å². The first-order valence-electron chi connectivity index (χ1n) is 5.16. The highest BCUT2D eigenvalue weighted by molar-refractivity contribution is 9.10. The van der Waals surface area contributed by atoms with Crippen molar-refractivity contribution in [3.63, 3.8) is 0 Å². The Balaban J connectivity index is 2.94. The number of nitrogens with two attached hydrogens (primary N) is 1. The zero-order chi connectivity index (χ0) is 13.3. The molecule has 0 heterocycles. The fourth-order valence-corrected chi connectivity index (χ4v) is 2.88. The molecule has 0 aliphatic rings. The molecular weight excluding hydrogens is 304 g/mol. The summed E-state index contributed by atoms with van der Waals surface area (Å²) in [4.78, 5) is 0.235. The molecule has 0 aliphatic carbocycles. The van der Waals surface area contributed by atoms with Gasteiger partial charge in [-0.1, -0.05) is 22.0 Å². The zero-order valence-corrected chi connectivity index (χ0v) is 12.5. The molecule has 6 heteroatoms. The van der Waals surface area contributed by atoms with Crippen molar-refractivity contribution in [2.24, 2.45) is 5.73 Å². The minimum atomic E-state index is -3.49. The van der Waals surface area contributed by atoms with Gasteiger partial charge < -0.3 is 5.73 Å². The van der Waals surface area contributed by atoms with Crippen molar-refractivity contribution in [3.8, 4) is 0 Å². The summed E-state index contributed by atoms with van der Waals surface area (Å²) in [7, 11) is -3.49. The quantitative estimate of drug-likeness (QED) is 0.888. The summed E-state index contributed by atoms with van der Waals surface area (Å²) < 4.78 is 27.2. The molecule has 0 unspecified atom stereocenters. The SMILES string of the molecule is Cc1ccc(S(=O)(=O)NCC(C)(C)N)cc1Br. The number of halogens is 1. The number of hydrogen-bond acceptors (Lipinski definition) is 3. The first-order chi connectivity index (χ1) is 7.62. The van der Waals surface area contributed by atoms with Crippen LogP contribution < -0.4 is 10.5 Å². The molecule has 3 N–H and O–H groups in total. The fraction of sp³-hybridized carbons (Fsp3) is 0.455. The molecule has 0 radical (unpaired) electrons. The number of rotatable bonds is 4. The van der Waals surface area contributed by atoms with Crippen LogP contribution in [0.1, 0.15) is 19.4 Å². The van der Waals surface area contributed by atoms with E-state index in [4.69, 9.17) is 5.73 Å². The zero-order valence-electron chi connectivity index (χ0n) is 10.1. The average molecular weight is 321 g/mol. The van der Waals surface area contributed by atoms with Gasteiger partial charge in [0.2, 0.25) is 10.0 Å². The van der Waals surface area contributed by atoms with Crippen LogP contribution in [0.3, 0.4) is 0 Å². The molecule has 4 nitrogen and oxygen atoms in total. The van der Waals surface area contributed by atoms with Crippen molar-refractivity contribution >= 4 is 26.0 Å². The summed E-state index contributed by atoms with van der Waals surface area (Å²) in [6.07, 6.45) is 0. The Morgan fingerprint density at radius 2 is 2.00 bits per heavy atom. The molecule has 1 aromatic rings. The van der Waals surface area contributed by atoms with Crippen LogP contribution in [0.4, 0.5) is 0 Å². The minimum absolute atomic E-state index is 0.195. The third-order valence-corrected chi connectivity index (χ3v) is 4.42. The summed E-state index contributed by atoms with van der Waals surface area (Å²) in [5.41, 5.74) is 6.15. The third-order valence-electron chi connectivity index (χ3n) is 2.17. The van der Waals surface area contributed by atoms with Crippen molar-refractivity contribution in [2.45, 2.75) is 31.2 Å². The first kappa shape index (κ1) is 14.6. The van der Waals surface area contributed by atoms with Crippen LogP contribution >= 0.6 is 15.9 Å². The Morgan fingerprint density at radius 1 is 1.41 bits per heavy atom. The van der Waals surface area contributed by atoms with Gasteiger partial charge in [0.05, 0.1) is 4.90 Å². The van der Waals surface area contributed by atoms with E-state index in [1.165, 1.54) is 0 Å². The van der Waals surface area contributed by atoms with Crippen LogP contribution in [0.2, 0.25) is 0 Å². The molecule has 0 saturated heterocycles. The van der Waals surface area contributed by atoms with Gasteiger partial charge in [-0.25, -0.2) is 13.1 Å². The second-order valence-electron chi connectivity index (χ2n) is 4.72. The largest absolute Gasteiger partial charge is 0.324 e. The maximum Gasteiger partial charge on any atom is 0.240 e. The number of aryl methyl sites for hydroxylation is 1. The second kappa shape index (κ2) is 5.06. The van der Waals surface area contributed by atoms with Gasteiger partial charge in [0.25, 0.3) is 0 Å². The first-order valence-corrected chi connectivity index (χ1v) is 7.44. The van der Waals surface area contributed by atoms with Crippen LogP contribution in [0.25, 0.3) is 0 Å². The van der Waals surface area contributed by atoms with Crippen molar-refractivity contribution in [1.82, 2.24) is 4.72 Å². The summed E-state index contributed by atoms with van der Waals surface area (Å²) >= 11 is 3.31. The fourth-order valence-electron chi connectivity index (χ4n) is 1.11. The molecule has 0 saturated carbocycles. The monoisotopic (exact) mass is 320 g/mol. The van der Waals surface area contributed by atoms with Crippen LogP contribution in [-0.2, 0) is 10.0 Å². The number of hydrogen-bond donors (Lipinski definition) is 2. The Hall–Kier alpha value is -0.430. The summed E-state index contributed by atoms with van der Waals surface area (Å²) in [5.74, 6) is 0. The van der Waals surface area contributed by atoms with Crippen molar-refractivity contribution in [3.05, 3.63) is 28.2 Å². The molecular formula is C11H17BrN2O2S. The van der Waals surface area contributed by atoms with E-state index in [0.717, 1.165) is 10.0 Å². The van der Waals surface area contributed by atoms with E-state index in [9.17, 15) is 8.42 Å². The van der Waals surface area contributed by atoms with Crippen molar-refractivity contribution in [1.29, 1.82) is 0 Å². The molecule has 0 spiro atoms. The highest BCUT2D eigenvalue weighted by atomic mass is 79.9. The van der Waals surface area contributed by atoms with E-state index >= 15 is 0 Å². The normalized spacial score (nSPS) is 12.8. The van der Waals surface area contributed by atoms with E-state index in [-0.39, 0.29) is 11.4 Å². The van der Waals surface area contributed by atoms with E-state index in [0.29, 0.717) is 0 Å². The second-order valence-corrected chi connectivity index (χ2v) is 7.35. The summed E-state index contributed by atoms with van der Waals surface area (Å²) in [6.45, 7) is 5.62. The van der Waals surface area contributed by atoms with Crippen molar-refractivity contribution in [2.75, 3.05) is 6.54 Å². The molecule has 0 amide bonds. The Bertz CT molecular complexity index is 507. The predicted molar refractivity (Wildman–Crippen MR) is 72.3 cm³/mol. The van der Waals surface area contributed by atoms with Gasteiger partial charge in [0.1, 0.15) is 0 Å². The van der Waals surface area contributed by atoms with Crippen molar-refractivity contribution < 1.29 is 8.42 Å². The molecule has 0 aliphatic heterocycles. The van der Waals surface area contributed by atoms with Gasteiger partial charge in [0, 0.05) is 16.6 Å². The van der Waals surface area contributed by atoms with Gasteiger partial charge in [-0.2, -0.15) is 0 Å². The lowest BCUT2D eigenvalue weighted by molar-refractivity contribution is 0.498. The molecule has 0 aromatic heterocycles. The van der Waals surface area contributed by atoms with E-state index < -0.39 is 15.6 Å². The molecule has 0 fully saturated rings. The van der Waals surface area contributed by atoms with E-state index in [1.54, 1.807) is 32.0 Å². The maximum absolute atomic E-state index is 12.0. The Morgan fingerprint density at radius 3 is 2.47 bits per heavy atom. The molecule has 0 bridgehead atoms. The van der Waals surface area contributed by atoms with E-state index in [1.807, 2.05) is 6.92 Å². The van der Waals surface area contributed by atoms with Gasteiger partial charge in [0.15, 0.2) is 0 Å². The Kier molecular flexibility index (Phi) is 4.35. The molecule has 96 valence electrons. The van der Waals surface area contributed by atoms with Crippen LogP contribution in [-0.4, -0.2) is 20.5 Å². The lowest BCUT2D eigenvalue weighted by Crippen LogP contribution is -2.45. The van der Waals surface area contributed by atoms with Gasteiger partial charge in [-0.15, -0.1) is 0 Å². The minimum Gasteiger partial charge on any atom is -0.324 e. The lowest BCUT2D eigenvalue weighted by Gasteiger charge is -2.19. The lowest BCUT2D eigenvalue weighted by atomic mass is 10.1. The highest BCUT2D eigenvalue weighted by Crippen LogP contribution is 2.20. The standard InChI is InChI=1S/C11H17BrN2O2S/c1-8-4-5-9(6-10(8)12)17(15,16)14-7-11(2,3)13/h4-6,14H,7,13H2,1-3H3. The van der Waals surface area contributed by atoms with Gasteiger partial charge in [-0.05, 0) is 38.5 Å². The number of sulfonamides is 1. The topological polar surface area (TPSA) is 72.2 Å². The average Bonchev–Trinajstić information content (AvgIpc) is 2.18. The molecule has 1 aromatic carbocycles. The van der Waals surface area contributed by atoms with Gasteiger partial charge >= 0.3 is 0 Å². The smallest absolute Gasteiger partial charge is 0.240 e. The Labute approximate surface area is 111 Å². The number of nitrogens with one attached hydrogen (secondary N) is 1. The summed E-state index contributed by atoms with van der Waals surface area (Å²) in [6, 6.07) is 4.92. The van der Waals surface area contributed by atoms with Crippen LogP contribution in [0.5, 0.6) is 0 Å². The molecule has 17 heavy (non-hydrogen) atoms. The third kappa shape index (κ3) is 4.39. The molecule has 1 rings (SSSR count). The molecule has 0 atom stereocenters.